The summed E-state index contributed by atoms with van der Waals surface area (Å²) in [7, 11) is 1.59. The molecule has 1 amide bonds. The summed E-state index contributed by atoms with van der Waals surface area (Å²) in [5.41, 5.74) is 1.12. The summed E-state index contributed by atoms with van der Waals surface area (Å²) in [5.74, 6) is 1.03. The van der Waals surface area contributed by atoms with Crippen molar-refractivity contribution in [2.24, 2.45) is 5.92 Å². The molecular formula is C19H27N5O2S. The van der Waals surface area contributed by atoms with Crippen LogP contribution in [0.5, 0.6) is 0 Å². The van der Waals surface area contributed by atoms with Crippen LogP contribution in [-0.2, 0) is 21.6 Å². The molecule has 2 aliphatic heterocycles. The second kappa shape index (κ2) is 7.00. The maximum atomic E-state index is 12.6. The number of likely N-dealkylation sites (tertiary alicyclic amines) is 1. The lowest BCUT2D eigenvalue weighted by molar-refractivity contribution is -0.134. The number of methoxy groups -OCH3 is 1. The zero-order chi connectivity index (χ0) is 19.2. The second-order valence-corrected chi connectivity index (χ2v) is 9.01. The average Bonchev–Trinajstić information content (AvgIpc) is 3.26. The smallest absolute Gasteiger partial charge is 0.249 e. The Balaban J connectivity index is 1.43. The van der Waals surface area contributed by atoms with E-state index in [1.54, 1.807) is 18.6 Å². The molecule has 2 unspecified atom stereocenters. The molecule has 0 aromatic carbocycles. The fourth-order valence-electron chi connectivity index (χ4n) is 4.49. The Morgan fingerprint density at radius 3 is 2.89 bits per heavy atom. The number of aromatic nitrogens is 3. The Labute approximate surface area is 163 Å². The molecule has 1 fully saturated rings. The molecule has 27 heavy (non-hydrogen) atoms. The first-order valence-corrected chi connectivity index (χ1v) is 10.2. The number of imidazole rings is 1. The molecule has 2 aliphatic rings. The number of nitrogens with zero attached hydrogens (tertiary/aromatic N) is 4. The fraction of sp³-hybridized carbons (Fsp3) is 0.632. The monoisotopic (exact) mass is 389 g/mol. The minimum absolute atomic E-state index is 0.0317. The van der Waals surface area contributed by atoms with E-state index in [1.807, 2.05) is 33.2 Å². The van der Waals surface area contributed by atoms with Crippen molar-refractivity contribution in [3.05, 3.63) is 34.9 Å². The van der Waals surface area contributed by atoms with Gasteiger partial charge in [-0.25, -0.2) is 4.98 Å². The van der Waals surface area contributed by atoms with Gasteiger partial charge in [0.05, 0.1) is 17.3 Å². The zero-order valence-electron chi connectivity index (χ0n) is 16.3. The summed E-state index contributed by atoms with van der Waals surface area (Å²) in [5, 5.41) is 3.17. The number of carbonyl (C=O) groups is 1. The van der Waals surface area contributed by atoms with Gasteiger partial charge in [0.1, 0.15) is 11.9 Å². The molecule has 8 heteroatoms. The van der Waals surface area contributed by atoms with E-state index in [0.717, 1.165) is 37.6 Å². The summed E-state index contributed by atoms with van der Waals surface area (Å²) >= 11 is 1.58. The van der Waals surface area contributed by atoms with Crippen molar-refractivity contribution in [2.75, 3.05) is 20.2 Å². The Morgan fingerprint density at radius 1 is 1.48 bits per heavy atom. The minimum Gasteiger partial charge on any atom is -0.371 e. The van der Waals surface area contributed by atoms with Gasteiger partial charge in [-0.2, -0.15) is 4.37 Å². The average molecular weight is 390 g/mol. The highest BCUT2D eigenvalue weighted by molar-refractivity contribution is 7.05. The van der Waals surface area contributed by atoms with Gasteiger partial charge in [0.15, 0.2) is 0 Å². The number of ether oxygens (including phenoxy) is 1. The van der Waals surface area contributed by atoms with Crippen LogP contribution in [0.15, 0.2) is 18.5 Å². The third-order valence-corrected chi connectivity index (χ3v) is 6.46. The van der Waals surface area contributed by atoms with Gasteiger partial charge in [-0.3, -0.25) is 9.69 Å². The van der Waals surface area contributed by atoms with E-state index in [1.165, 1.54) is 4.88 Å². The lowest BCUT2D eigenvalue weighted by atomic mass is 9.86. The Bertz CT molecular complexity index is 824. The van der Waals surface area contributed by atoms with Gasteiger partial charge >= 0.3 is 0 Å². The normalized spacial score (nSPS) is 22.0. The molecule has 1 saturated heterocycles. The number of fused-ring (bicyclic) bond motifs is 2. The molecule has 1 N–H and O–H groups in total. The summed E-state index contributed by atoms with van der Waals surface area (Å²) in [6, 6.07) is 2.10. The first kappa shape index (κ1) is 18.6. The van der Waals surface area contributed by atoms with Crippen LogP contribution in [0, 0.1) is 12.8 Å². The van der Waals surface area contributed by atoms with E-state index < -0.39 is 6.10 Å². The van der Waals surface area contributed by atoms with Crippen LogP contribution in [0.3, 0.4) is 0 Å². The van der Waals surface area contributed by atoms with Crippen molar-refractivity contribution in [1.82, 2.24) is 24.1 Å². The quantitative estimate of drug-likeness (QED) is 0.819. The van der Waals surface area contributed by atoms with E-state index in [0.29, 0.717) is 0 Å². The number of hydrogen-bond donors (Lipinski definition) is 1. The number of amides is 1. The van der Waals surface area contributed by atoms with Crippen LogP contribution in [0.2, 0.25) is 0 Å². The van der Waals surface area contributed by atoms with Gasteiger partial charge in [0.2, 0.25) is 5.91 Å². The summed E-state index contributed by atoms with van der Waals surface area (Å²) < 4.78 is 12.0. The van der Waals surface area contributed by atoms with Gasteiger partial charge < -0.3 is 14.6 Å². The maximum absolute atomic E-state index is 12.6. The Kier molecular flexibility index (Phi) is 4.82. The van der Waals surface area contributed by atoms with Crippen molar-refractivity contribution in [3.63, 3.8) is 0 Å². The standard InChI is InChI=1S/C19H27N5O2S/c1-12(2)16(26-4)18(25)21-15-8-19(24-6-5-20-17(15)24)10-23(11-19)9-14-7-13(3)22-27-14/h5-7,12,15-16H,8-11H2,1-4H3,(H,21,25). The zero-order valence-corrected chi connectivity index (χ0v) is 17.1. The molecule has 0 saturated carbocycles. The van der Waals surface area contributed by atoms with Crippen LogP contribution in [0.4, 0.5) is 0 Å². The molecule has 2 atom stereocenters. The predicted molar refractivity (Wildman–Crippen MR) is 103 cm³/mol. The topological polar surface area (TPSA) is 72.3 Å². The first-order valence-electron chi connectivity index (χ1n) is 9.43. The van der Waals surface area contributed by atoms with Crippen LogP contribution < -0.4 is 5.32 Å². The van der Waals surface area contributed by atoms with E-state index in [-0.39, 0.29) is 23.4 Å². The largest absolute Gasteiger partial charge is 0.371 e. The molecule has 2 aromatic rings. The molecular weight excluding hydrogens is 362 g/mol. The fourth-order valence-corrected chi connectivity index (χ4v) is 5.26. The van der Waals surface area contributed by atoms with Gasteiger partial charge in [0, 0.05) is 50.4 Å². The molecule has 1 spiro atoms. The van der Waals surface area contributed by atoms with E-state index in [9.17, 15) is 4.79 Å². The van der Waals surface area contributed by atoms with Crippen molar-refractivity contribution >= 4 is 17.4 Å². The second-order valence-electron chi connectivity index (χ2n) is 8.13. The number of carbonyl (C=O) groups excluding carboxylic acids is 1. The van der Waals surface area contributed by atoms with Crippen LogP contribution in [0.1, 0.15) is 42.7 Å². The number of aryl methyl sites for hydroxylation is 1. The first-order chi connectivity index (χ1) is 12.9. The van der Waals surface area contributed by atoms with Crippen molar-refractivity contribution < 1.29 is 9.53 Å². The van der Waals surface area contributed by atoms with Gasteiger partial charge in [0.25, 0.3) is 0 Å². The Hall–Kier alpha value is -1.77. The molecule has 146 valence electrons. The maximum Gasteiger partial charge on any atom is 0.249 e. The molecule has 0 aliphatic carbocycles. The highest BCUT2D eigenvalue weighted by Crippen LogP contribution is 2.45. The van der Waals surface area contributed by atoms with E-state index >= 15 is 0 Å². The van der Waals surface area contributed by atoms with Crippen molar-refractivity contribution in [2.45, 2.75) is 51.4 Å². The molecule has 2 aromatic heterocycles. The SMILES string of the molecule is COC(C(=O)NC1CC2(CN(Cc3cc(C)ns3)C2)n2ccnc21)C(C)C. The summed E-state index contributed by atoms with van der Waals surface area (Å²) in [4.78, 5) is 20.9. The molecule has 4 rings (SSSR count). The van der Waals surface area contributed by atoms with Crippen molar-refractivity contribution in [3.8, 4) is 0 Å². The van der Waals surface area contributed by atoms with Crippen LogP contribution in [-0.4, -0.2) is 51.0 Å². The highest BCUT2D eigenvalue weighted by Gasteiger charge is 2.52. The van der Waals surface area contributed by atoms with Gasteiger partial charge in [-0.1, -0.05) is 13.8 Å². The molecule has 4 heterocycles. The van der Waals surface area contributed by atoms with Gasteiger partial charge in [-0.05, 0) is 30.4 Å². The van der Waals surface area contributed by atoms with E-state index in [4.69, 9.17) is 4.74 Å². The molecule has 0 bridgehead atoms. The third kappa shape index (κ3) is 3.30. The van der Waals surface area contributed by atoms with Crippen LogP contribution >= 0.6 is 11.5 Å². The predicted octanol–water partition coefficient (Wildman–Crippen LogP) is 2.09. The van der Waals surface area contributed by atoms with Gasteiger partial charge in [-0.15, -0.1) is 0 Å². The number of nitrogens with one attached hydrogen (secondary N) is 1. The summed E-state index contributed by atoms with van der Waals surface area (Å²) in [6.45, 7) is 8.90. The lowest BCUT2D eigenvalue weighted by Crippen LogP contribution is -2.60. The molecule has 7 nitrogen and oxygen atoms in total. The van der Waals surface area contributed by atoms with Crippen molar-refractivity contribution in [1.29, 1.82) is 0 Å². The van der Waals surface area contributed by atoms with Crippen LogP contribution in [0.25, 0.3) is 0 Å². The third-order valence-electron chi connectivity index (χ3n) is 5.60. The Morgan fingerprint density at radius 2 is 2.26 bits per heavy atom. The minimum atomic E-state index is -0.433. The number of rotatable bonds is 6. The lowest BCUT2D eigenvalue weighted by Gasteiger charge is -2.49. The van der Waals surface area contributed by atoms with E-state index in [2.05, 4.69) is 30.2 Å². The molecule has 0 radical (unpaired) electrons. The number of hydrogen-bond acceptors (Lipinski definition) is 6. The summed E-state index contributed by atoms with van der Waals surface area (Å²) in [6.07, 6.45) is 4.33. The highest BCUT2D eigenvalue weighted by atomic mass is 32.1.